The topological polar surface area (TPSA) is 49.4 Å². The van der Waals surface area contributed by atoms with Crippen LogP contribution < -0.4 is 5.32 Å². The smallest absolute Gasteiger partial charge is 0.224 e. The maximum atomic E-state index is 12.0. The van der Waals surface area contributed by atoms with Gasteiger partial charge in [-0.1, -0.05) is 0 Å². The number of rotatable bonds is 5. The Kier molecular flexibility index (Phi) is 5.16. The fourth-order valence-corrected chi connectivity index (χ4v) is 2.44. The summed E-state index contributed by atoms with van der Waals surface area (Å²) in [5.41, 5.74) is 1.65. The van der Waals surface area contributed by atoms with Crippen LogP contribution in [-0.2, 0) is 4.79 Å². The minimum atomic E-state index is 0.0665. The molecule has 1 aliphatic rings. The van der Waals surface area contributed by atoms with Gasteiger partial charge in [-0.2, -0.15) is 0 Å². The number of Topliss-reactive ketones (excluding diaryl/α,β-unsaturated/α-hetero) is 1. The van der Waals surface area contributed by atoms with E-state index in [1.807, 2.05) is 17.0 Å². The van der Waals surface area contributed by atoms with Crippen LogP contribution in [0.4, 0.5) is 5.69 Å². The molecule has 1 amide bonds. The van der Waals surface area contributed by atoms with Crippen molar-refractivity contribution in [2.75, 3.05) is 25.0 Å². The van der Waals surface area contributed by atoms with Gasteiger partial charge in [-0.05, 0) is 50.5 Å². The van der Waals surface area contributed by atoms with Crippen molar-refractivity contribution >= 4 is 17.4 Å². The molecule has 1 aliphatic heterocycles. The number of nitrogens with one attached hydrogen (secondary N) is 1. The molecule has 0 spiro atoms. The zero-order valence-corrected chi connectivity index (χ0v) is 12.0. The van der Waals surface area contributed by atoms with Crippen molar-refractivity contribution in [2.45, 2.75) is 32.6 Å². The molecule has 0 saturated carbocycles. The van der Waals surface area contributed by atoms with E-state index in [1.54, 1.807) is 19.1 Å². The van der Waals surface area contributed by atoms with Crippen LogP contribution >= 0.6 is 0 Å². The second-order valence-corrected chi connectivity index (χ2v) is 5.25. The maximum absolute atomic E-state index is 12.0. The first-order valence-corrected chi connectivity index (χ1v) is 7.29. The number of piperidine rings is 1. The average Bonchev–Trinajstić information content (AvgIpc) is 2.48. The summed E-state index contributed by atoms with van der Waals surface area (Å²) in [5, 5.41) is 3.22. The molecule has 1 heterocycles. The van der Waals surface area contributed by atoms with Gasteiger partial charge in [-0.15, -0.1) is 0 Å². The molecule has 4 heteroatoms. The summed E-state index contributed by atoms with van der Waals surface area (Å²) in [4.78, 5) is 25.1. The average molecular weight is 274 g/mol. The third-order valence-corrected chi connectivity index (χ3v) is 3.67. The fourth-order valence-electron chi connectivity index (χ4n) is 2.44. The Hall–Kier alpha value is -1.84. The minimum Gasteiger partial charge on any atom is -0.385 e. The largest absolute Gasteiger partial charge is 0.385 e. The van der Waals surface area contributed by atoms with Gasteiger partial charge < -0.3 is 10.2 Å². The molecule has 0 aliphatic carbocycles. The lowest BCUT2D eigenvalue weighted by atomic mass is 10.1. The van der Waals surface area contributed by atoms with Gasteiger partial charge in [-0.25, -0.2) is 0 Å². The number of hydrogen-bond donors (Lipinski definition) is 1. The van der Waals surface area contributed by atoms with Crippen molar-refractivity contribution in [3.8, 4) is 0 Å². The monoisotopic (exact) mass is 274 g/mol. The van der Waals surface area contributed by atoms with Crippen LogP contribution in [0.3, 0.4) is 0 Å². The normalized spacial score (nSPS) is 14.9. The Labute approximate surface area is 120 Å². The van der Waals surface area contributed by atoms with Gasteiger partial charge in [0.2, 0.25) is 5.91 Å². The second kappa shape index (κ2) is 7.08. The molecule has 1 N–H and O–H groups in total. The van der Waals surface area contributed by atoms with Gasteiger partial charge in [0, 0.05) is 37.3 Å². The van der Waals surface area contributed by atoms with E-state index in [9.17, 15) is 9.59 Å². The van der Waals surface area contributed by atoms with Crippen LogP contribution in [-0.4, -0.2) is 36.2 Å². The highest BCUT2D eigenvalue weighted by atomic mass is 16.2. The molecule has 0 bridgehead atoms. The number of ketones is 1. The van der Waals surface area contributed by atoms with Crippen molar-refractivity contribution in [1.82, 2.24) is 4.90 Å². The molecule has 0 unspecified atom stereocenters. The molecule has 1 aromatic rings. The second-order valence-electron chi connectivity index (χ2n) is 5.25. The molecule has 1 aromatic carbocycles. The van der Waals surface area contributed by atoms with Crippen LogP contribution in [0.5, 0.6) is 0 Å². The lowest BCUT2D eigenvalue weighted by Gasteiger charge is -2.26. The molecule has 108 valence electrons. The molecule has 1 saturated heterocycles. The Morgan fingerprint density at radius 2 is 1.75 bits per heavy atom. The quantitative estimate of drug-likeness (QED) is 0.840. The Morgan fingerprint density at radius 3 is 2.35 bits per heavy atom. The van der Waals surface area contributed by atoms with Gasteiger partial charge in [-0.3, -0.25) is 9.59 Å². The zero-order valence-electron chi connectivity index (χ0n) is 12.0. The molecule has 0 atom stereocenters. The Balaban J connectivity index is 1.74. The molecule has 1 fully saturated rings. The van der Waals surface area contributed by atoms with Crippen LogP contribution in [0, 0.1) is 0 Å². The Bertz CT molecular complexity index is 462. The summed E-state index contributed by atoms with van der Waals surface area (Å²) in [6.07, 6.45) is 4.02. The number of carbonyl (C=O) groups excluding carboxylic acids is 2. The summed E-state index contributed by atoms with van der Waals surface area (Å²) in [7, 11) is 0. The maximum Gasteiger partial charge on any atom is 0.224 e. The van der Waals surface area contributed by atoms with Crippen molar-refractivity contribution in [2.24, 2.45) is 0 Å². The third kappa shape index (κ3) is 4.08. The number of nitrogens with zero attached hydrogens (tertiary/aromatic N) is 1. The van der Waals surface area contributed by atoms with Crippen molar-refractivity contribution in [3.05, 3.63) is 29.8 Å². The molecule has 20 heavy (non-hydrogen) atoms. The van der Waals surface area contributed by atoms with Gasteiger partial charge in [0.15, 0.2) is 5.78 Å². The molecule has 0 radical (unpaired) electrons. The van der Waals surface area contributed by atoms with E-state index in [2.05, 4.69) is 5.32 Å². The van der Waals surface area contributed by atoms with E-state index in [4.69, 9.17) is 0 Å². The predicted octanol–water partition coefficient (Wildman–Crippen LogP) is 2.70. The number of hydrogen-bond acceptors (Lipinski definition) is 3. The van der Waals surface area contributed by atoms with E-state index in [0.717, 1.165) is 31.6 Å². The summed E-state index contributed by atoms with van der Waals surface area (Å²) < 4.78 is 0. The number of benzene rings is 1. The summed E-state index contributed by atoms with van der Waals surface area (Å²) >= 11 is 0. The van der Waals surface area contributed by atoms with Gasteiger partial charge in [0.25, 0.3) is 0 Å². The highest BCUT2D eigenvalue weighted by Gasteiger charge is 2.15. The minimum absolute atomic E-state index is 0.0665. The summed E-state index contributed by atoms with van der Waals surface area (Å²) in [6, 6.07) is 7.36. The molecular formula is C16H22N2O2. The first-order chi connectivity index (χ1) is 9.66. The highest BCUT2D eigenvalue weighted by molar-refractivity contribution is 5.94. The third-order valence-electron chi connectivity index (χ3n) is 3.67. The lowest BCUT2D eigenvalue weighted by molar-refractivity contribution is -0.131. The molecular weight excluding hydrogens is 252 g/mol. The van der Waals surface area contributed by atoms with E-state index < -0.39 is 0 Å². The van der Waals surface area contributed by atoms with Crippen LogP contribution in [0.2, 0.25) is 0 Å². The first kappa shape index (κ1) is 14.6. The summed E-state index contributed by atoms with van der Waals surface area (Å²) in [5.74, 6) is 0.300. The molecule has 0 aromatic heterocycles. The van der Waals surface area contributed by atoms with Crippen molar-refractivity contribution in [1.29, 1.82) is 0 Å². The number of likely N-dealkylation sites (tertiary alicyclic amines) is 1. The van der Waals surface area contributed by atoms with E-state index in [0.29, 0.717) is 18.5 Å². The Morgan fingerprint density at radius 1 is 1.10 bits per heavy atom. The standard InChI is InChI=1S/C16H22N2O2/c1-13(19)14-5-7-15(8-6-14)17-10-9-16(20)18-11-3-2-4-12-18/h5-8,17H,2-4,9-12H2,1H3. The van der Waals surface area contributed by atoms with Gasteiger partial charge >= 0.3 is 0 Å². The van der Waals surface area contributed by atoms with Gasteiger partial charge in [0.1, 0.15) is 0 Å². The number of amides is 1. The SMILES string of the molecule is CC(=O)c1ccc(NCCC(=O)N2CCCCC2)cc1. The van der Waals surface area contributed by atoms with E-state index >= 15 is 0 Å². The number of anilines is 1. The molecule has 2 rings (SSSR count). The zero-order chi connectivity index (χ0) is 14.4. The van der Waals surface area contributed by atoms with Crippen molar-refractivity contribution in [3.63, 3.8) is 0 Å². The lowest BCUT2D eigenvalue weighted by Crippen LogP contribution is -2.36. The first-order valence-electron chi connectivity index (χ1n) is 7.29. The fraction of sp³-hybridized carbons (Fsp3) is 0.500. The van der Waals surface area contributed by atoms with E-state index in [-0.39, 0.29) is 11.7 Å². The van der Waals surface area contributed by atoms with Crippen LogP contribution in [0.1, 0.15) is 43.0 Å². The summed E-state index contributed by atoms with van der Waals surface area (Å²) in [6.45, 7) is 4.01. The van der Waals surface area contributed by atoms with Crippen LogP contribution in [0.25, 0.3) is 0 Å². The number of carbonyl (C=O) groups is 2. The highest BCUT2D eigenvalue weighted by Crippen LogP contribution is 2.12. The van der Waals surface area contributed by atoms with E-state index in [1.165, 1.54) is 6.42 Å². The predicted molar refractivity (Wildman–Crippen MR) is 80.0 cm³/mol. The molecule has 4 nitrogen and oxygen atoms in total. The van der Waals surface area contributed by atoms with Crippen molar-refractivity contribution < 1.29 is 9.59 Å². The van der Waals surface area contributed by atoms with Gasteiger partial charge in [0.05, 0.1) is 0 Å². The van der Waals surface area contributed by atoms with Crippen LogP contribution in [0.15, 0.2) is 24.3 Å².